The van der Waals surface area contributed by atoms with Crippen LogP contribution in [0.25, 0.3) is 4.85 Å². The van der Waals surface area contributed by atoms with E-state index >= 15 is 0 Å². The van der Waals surface area contributed by atoms with E-state index in [0.29, 0.717) is 11.1 Å². The summed E-state index contributed by atoms with van der Waals surface area (Å²) in [6.45, 7) is 11.0. The third kappa shape index (κ3) is 2.13. The molecule has 1 saturated carbocycles. The molecule has 1 aromatic rings. The van der Waals surface area contributed by atoms with E-state index in [9.17, 15) is 0 Å². The molecule has 2 nitrogen and oxygen atoms in total. The van der Waals surface area contributed by atoms with Crippen molar-refractivity contribution in [3.05, 3.63) is 40.0 Å². The molecule has 0 unspecified atom stereocenters. The first-order valence-corrected chi connectivity index (χ1v) is 5.47. The summed E-state index contributed by atoms with van der Waals surface area (Å²) in [6, 6.07) is 3.83. The van der Waals surface area contributed by atoms with Crippen molar-refractivity contribution in [1.29, 1.82) is 0 Å². The van der Waals surface area contributed by atoms with Crippen LogP contribution in [0.1, 0.15) is 43.9 Å². The van der Waals surface area contributed by atoms with E-state index in [1.165, 1.54) is 12.8 Å². The minimum absolute atomic E-state index is 0.504. The SMILES string of the molecule is [C-]#[N+]C(C)(C)c1cc(Cl)nc(C2CC2)c1. The fraction of sp³-hybridized carbons (Fsp3) is 0.500. The minimum Gasteiger partial charge on any atom is -0.306 e. The Kier molecular flexibility index (Phi) is 2.44. The van der Waals surface area contributed by atoms with Crippen LogP contribution < -0.4 is 0 Å². The van der Waals surface area contributed by atoms with Crippen LogP contribution >= 0.6 is 11.6 Å². The van der Waals surface area contributed by atoms with Crippen LogP contribution in [0.5, 0.6) is 0 Å². The summed E-state index contributed by atoms with van der Waals surface area (Å²) in [5, 5.41) is 0.506. The highest BCUT2D eigenvalue weighted by molar-refractivity contribution is 6.29. The Hall–Kier alpha value is -1.07. The van der Waals surface area contributed by atoms with Crippen LogP contribution in [0.15, 0.2) is 12.1 Å². The molecule has 0 radical (unpaired) electrons. The van der Waals surface area contributed by atoms with E-state index in [2.05, 4.69) is 9.83 Å². The minimum atomic E-state index is -0.504. The van der Waals surface area contributed by atoms with Crippen LogP contribution in [0.3, 0.4) is 0 Å². The number of nitrogens with zero attached hydrogens (tertiary/aromatic N) is 2. The van der Waals surface area contributed by atoms with Crippen LogP contribution in [-0.2, 0) is 5.54 Å². The van der Waals surface area contributed by atoms with Gasteiger partial charge in [-0.1, -0.05) is 11.6 Å². The standard InChI is InChI=1S/C12H13ClN2/c1-12(2,14-3)9-6-10(8-4-5-8)15-11(13)7-9/h6-8H,4-5H2,1-2H3. The van der Waals surface area contributed by atoms with Crippen LogP contribution in [0.4, 0.5) is 0 Å². The summed E-state index contributed by atoms with van der Waals surface area (Å²) in [6.07, 6.45) is 2.40. The van der Waals surface area contributed by atoms with E-state index in [0.717, 1.165) is 11.3 Å². The summed E-state index contributed by atoms with van der Waals surface area (Å²) in [5.74, 6) is 0.573. The van der Waals surface area contributed by atoms with Crippen molar-refractivity contribution in [2.24, 2.45) is 0 Å². The molecule has 1 fully saturated rings. The molecular weight excluding hydrogens is 208 g/mol. The van der Waals surface area contributed by atoms with E-state index in [4.69, 9.17) is 18.2 Å². The molecule has 0 atom stereocenters. The first-order valence-electron chi connectivity index (χ1n) is 5.09. The van der Waals surface area contributed by atoms with Gasteiger partial charge >= 0.3 is 0 Å². The number of aromatic nitrogens is 1. The monoisotopic (exact) mass is 220 g/mol. The molecule has 1 aliphatic rings. The first-order chi connectivity index (χ1) is 7.03. The second-order valence-corrected chi connectivity index (χ2v) is 4.94. The Morgan fingerprint density at radius 2 is 2.13 bits per heavy atom. The summed E-state index contributed by atoms with van der Waals surface area (Å²) in [5.41, 5.74) is 1.52. The molecule has 0 aromatic carbocycles. The maximum atomic E-state index is 7.17. The lowest BCUT2D eigenvalue weighted by Gasteiger charge is -2.12. The van der Waals surface area contributed by atoms with Crippen molar-refractivity contribution in [2.45, 2.75) is 38.1 Å². The van der Waals surface area contributed by atoms with Gasteiger partial charge in [0, 0.05) is 31.0 Å². The molecule has 15 heavy (non-hydrogen) atoms. The van der Waals surface area contributed by atoms with Crippen molar-refractivity contribution >= 4 is 11.6 Å². The van der Waals surface area contributed by atoms with Gasteiger partial charge in [0.15, 0.2) is 0 Å². The second-order valence-electron chi connectivity index (χ2n) is 4.55. The van der Waals surface area contributed by atoms with Crippen molar-refractivity contribution in [3.8, 4) is 0 Å². The third-order valence-electron chi connectivity index (χ3n) is 2.80. The quantitative estimate of drug-likeness (QED) is 0.548. The maximum absolute atomic E-state index is 7.17. The third-order valence-corrected chi connectivity index (χ3v) is 2.99. The Balaban J connectivity index is 2.44. The highest BCUT2D eigenvalue weighted by atomic mass is 35.5. The summed E-state index contributed by atoms with van der Waals surface area (Å²) >= 11 is 5.97. The lowest BCUT2D eigenvalue weighted by atomic mass is 9.95. The Labute approximate surface area is 95.1 Å². The topological polar surface area (TPSA) is 17.2 Å². The zero-order chi connectivity index (χ0) is 11.1. The first kappa shape index (κ1) is 10.4. The van der Waals surface area contributed by atoms with Gasteiger partial charge in [-0.05, 0) is 25.0 Å². The van der Waals surface area contributed by atoms with Gasteiger partial charge in [0.1, 0.15) is 5.15 Å². The molecule has 78 valence electrons. The highest BCUT2D eigenvalue weighted by Crippen LogP contribution is 2.41. The molecule has 1 aliphatic carbocycles. The van der Waals surface area contributed by atoms with Gasteiger partial charge in [0.2, 0.25) is 0 Å². The normalized spacial score (nSPS) is 16.1. The Bertz CT molecular complexity index is 428. The molecule has 3 heteroatoms. The maximum Gasteiger partial charge on any atom is 0.252 e. The lowest BCUT2D eigenvalue weighted by molar-refractivity contribution is 0.660. The number of halogens is 1. The van der Waals surface area contributed by atoms with Gasteiger partial charge in [0.05, 0.1) is 0 Å². The fourth-order valence-corrected chi connectivity index (χ4v) is 1.74. The summed E-state index contributed by atoms with van der Waals surface area (Å²) < 4.78 is 0. The van der Waals surface area contributed by atoms with Gasteiger partial charge in [0.25, 0.3) is 5.54 Å². The van der Waals surface area contributed by atoms with E-state index < -0.39 is 5.54 Å². The predicted octanol–water partition coefficient (Wildman–Crippen LogP) is 3.77. The van der Waals surface area contributed by atoms with Gasteiger partial charge < -0.3 is 4.85 Å². The molecule has 1 heterocycles. The Morgan fingerprint density at radius 1 is 1.47 bits per heavy atom. The van der Waals surface area contributed by atoms with Crippen LogP contribution in [0, 0.1) is 6.57 Å². The van der Waals surface area contributed by atoms with Gasteiger partial charge in [-0.3, -0.25) is 0 Å². The van der Waals surface area contributed by atoms with Crippen molar-refractivity contribution < 1.29 is 0 Å². The Morgan fingerprint density at radius 3 is 2.67 bits per heavy atom. The fourth-order valence-electron chi connectivity index (χ4n) is 1.52. The lowest BCUT2D eigenvalue weighted by Crippen LogP contribution is -2.12. The smallest absolute Gasteiger partial charge is 0.252 e. The number of rotatable bonds is 2. The van der Waals surface area contributed by atoms with Crippen LogP contribution in [0.2, 0.25) is 5.15 Å². The van der Waals surface area contributed by atoms with E-state index in [-0.39, 0.29) is 0 Å². The molecule has 0 aliphatic heterocycles. The zero-order valence-corrected chi connectivity index (χ0v) is 9.67. The van der Waals surface area contributed by atoms with E-state index in [1.807, 2.05) is 19.9 Å². The van der Waals surface area contributed by atoms with Crippen LogP contribution in [-0.4, -0.2) is 4.98 Å². The largest absolute Gasteiger partial charge is 0.306 e. The van der Waals surface area contributed by atoms with E-state index in [1.54, 1.807) is 6.07 Å². The number of pyridine rings is 1. The van der Waals surface area contributed by atoms with Crippen molar-refractivity contribution in [3.63, 3.8) is 0 Å². The molecule has 2 rings (SSSR count). The second kappa shape index (κ2) is 3.50. The van der Waals surface area contributed by atoms with Crippen molar-refractivity contribution in [2.75, 3.05) is 0 Å². The number of hydrogen-bond acceptors (Lipinski definition) is 1. The molecular formula is C12H13ClN2. The van der Waals surface area contributed by atoms with Crippen molar-refractivity contribution in [1.82, 2.24) is 4.98 Å². The zero-order valence-electron chi connectivity index (χ0n) is 8.92. The van der Waals surface area contributed by atoms with Gasteiger partial charge in [-0.2, -0.15) is 0 Å². The molecule has 1 aromatic heterocycles. The molecule has 0 saturated heterocycles. The molecule has 0 amide bonds. The highest BCUT2D eigenvalue weighted by Gasteiger charge is 2.31. The summed E-state index contributed by atoms with van der Waals surface area (Å²) in [7, 11) is 0. The molecule has 0 spiro atoms. The number of hydrogen-bond donors (Lipinski definition) is 0. The average molecular weight is 221 g/mol. The molecule has 0 bridgehead atoms. The van der Waals surface area contributed by atoms with Gasteiger partial charge in [-0.15, -0.1) is 0 Å². The van der Waals surface area contributed by atoms with Gasteiger partial charge in [-0.25, -0.2) is 11.6 Å². The predicted molar refractivity (Wildman–Crippen MR) is 60.9 cm³/mol. The average Bonchev–Trinajstić information content (AvgIpc) is 3.00. The molecule has 0 N–H and O–H groups in total. The summed E-state index contributed by atoms with van der Waals surface area (Å²) in [4.78, 5) is 7.92.